The number of likely N-dealkylation sites (tertiary alicyclic amines) is 1. The topological polar surface area (TPSA) is 64.5 Å². The Bertz CT molecular complexity index is 696. The summed E-state index contributed by atoms with van der Waals surface area (Å²) in [4.78, 5) is 22.7. The molecule has 2 unspecified atom stereocenters. The van der Waals surface area contributed by atoms with Gasteiger partial charge < -0.3 is 14.4 Å². The molecule has 0 aliphatic carbocycles. The first kappa shape index (κ1) is 17.7. The van der Waals surface area contributed by atoms with Gasteiger partial charge in [-0.15, -0.1) is 0 Å². The third-order valence-corrected chi connectivity index (χ3v) is 4.37. The molecule has 2 heterocycles. The summed E-state index contributed by atoms with van der Waals surface area (Å²) in [6.07, 6.45) is 4.39. The minimum Gasteiger partial charge on any atom is -0.481 e. The molecule has 0 N–H and O–H groups in total. The van der Waals surface area contributed by atoms with Crippen LogP contribution in [0.3, 0.4) is 0 Å². The lowest BCUT2D eigenvalue weighted by molar-refractivity contribution is -0.140. The molecule has 1 fully saturated rings. The molecule has 0 bridgehead atoms. The number of piperidine rings is 1. The summed E-state index contributed by atoms with van der Waals surface area (Å²) in [5.41, 5.74) is 0. The van der Waals surface area contributed by atoms with Crippen LogP contribution in [0, 0.1) is 0 Å². The predicted octanol–water partition coefficient (Wildman–Crippen LogP) is 3.08. The molecule has 1 aliphatic heterocycles. The number of rotatable bonds is 5. The number of aromatic nitrogens is 2. The fourth-order valence-electron chi connectivity index (χ4n) is 2.76. The average Bonchev–Trinajstić information content (AvgIpc) is 2.64. The molecule has 3 rings (SSSR count). The maximum atomic E-state index is 12.7. The van der Waals surface area contributed by atoms with Gasteiger partial charge in [0.25, 0.3) is 5.91 Å². The van der Waals surface area contributed by atoms with E-state index in [4.69, 9.17) is 9.47 Å². The number of hydrogen-bond acceptors (Lipinski definition) is 5. The van der Waals surface area contributed by atoms with Crippen molar-refractivity contribution in [1.82, 2.24) is 14.9 Å². The van der Waals surface area contributed by atoms with Crippen molar-refractivity contribution in [2.75, 3.05) is 13.1 Å². The lowest BCUT2D eigenvalue weighted by atomic mass is 10.1. The molecule has 1 aromatic carbocycles. The van der Waals surface area contributed by atoms with Gasteiger partial charge in [0.15, 0.2) is 6.10 Å². The second-order valence-electron chi connectivity index (χ2n) is 5.92. The summed E-state index contributed by atoms with van der Waals surface area (Å²) in [6, 6.07) is 9.70. The van der Waals surface area contributed by atoms with Crippen molar-refractivity contribution in [3.05, 3.63) is 47.2 Å². The van der Waals surface area contributed by atoms with Crippen molar-refractivity contribution in [3.8, 4) is 11.8 Å². The Kier molecular flexibility index (Phi) is 5.86. The SMILES string of the molecule is CC(Oc1ccccc1)C(=O)N1CCCC(Oc2ncc(Br)cn2)C1. The Morgan fingerprint density at radius 2 is 2.00 bits per heavy atom. The number of para-hydroxylation sites is 1. The molecule has 1 aromatic heterocycles. The summed E-state index contributed by atoms with van der Waals surface area (Å²) in [7, 11) is 0. The van der Waals surface area contributed by atoms with Crippen LogP contribution >= 0.6 is 15.9 Å². The van der Waals surface area contributed by atoms with Crippen LogP contribution in [0.15, 0.2) is 47.2 Å². The number of nitrogens with zero attached hydrogens (tertiary/aromatic N) is 3. The number of carbonyl (C=O) groups is 1. The maximum absolute atomic E-state index is 12.7. The van der Waals surface area contributed by atoms with Crippen LogP contribution in [0.2, 0.25) is 0 Å². The quantitative estimate of drug-likeness (QED) is 0.764. The molecule has 0 saturated carbocycles. The van der Waals surface area contributed by atoms with Gasteiger partial charge >= 0.3 is 6.01 Å². The predicted molar refractivity (Wildman–Crippen MR) is 96.5 cm³/mol. The van der Waals surface area contributed by atoms with E-state index in [0.29, 0.717) is 24.8 Å². The molecule has 132 valence electrons. The standard InChI is InChI=1S/C18H20BrN3O3/c1-13(24-15-6-3-2-4-7-15)17(23)22-9-5-8-16(12-22)25-18-20-10-14(19)11-21-18/h2-4,6-7,10-11,13,16H,5,8-9,12H2,1H3. The third kappa shape index (κ3) is 4.92. The average molecular weight is 406 g/mol. The number of benzene rings is 1. The van der Waals surface area contributed by atoms with Gasteiger partial charge in [-0.05, 0) is 47.8 Å². The zero-order valence-electron chi connectivity index (χ0n) is 14.0. The van der Waals surface area contributed by atoms with Crippen LogP contribution in [0.5, 0.6) is 11.8 Å². The molecular weight excluding hydrogens is 386 g/mol. The summed E-state index contributed by atoms with van der Waals surface area (Å²) in [5.74, 6) is 0.658. The number of carbonyl (C=O) groups excluding carboxylic acids is 1. The maximum Gasteiger partial charge on any atom is 0.316 e. The first-order valence-corrected chi connectivity index (χ1v) is 9.06. The van der Waals surface area contributed by atoms with Crippen molar-refractivity contribution < 1.29 is 14.3 Å². The van der Waals surface area contributed by atoms with Gasteiger partial charge in [0.2, 0.25) is 0 Å². The lowest BCUT2D eigenvalue weighted by Crippen LogP contribution is -2.48. The number of hydrogen-bond donors (Lipinski definition) is 0. The fourth-order valence-corrected chi connectivity index (χ4v) is 2.96. The van der Waals surface area contributed by atoms with Crippen LogP contribution < -0.4 is 9.47 Å². The van der Waals surface area contributed by atoms with Crippen molar-refractivity contribution in [2.24, 2.45) is 0 Å². The van der Waals surface area contributed by atoms with Crippen LogP contribution in [0.4, 0.5) is 0 Å². The molecule has 2 atom stereocenters. The third-order valence-electron chi connectivity index (χ3n) is 3.96. The zero-order valence-corrected chi connectivity index (χ0v) is 15.6. The van der Waals surface area contributed by atoms with E-state index < -0.39 is 6.10 Å². The van der Waals surface area contributed by atoms with E-state index in [2.05, 4.69) is 25.9 Å². The van der Waals surface area contributed by atoms with E-state index in [1.165, 1.54) is 0 Å². The van der Waals surface area contributed by atoms with Gasteiger partial charge in [0.1, 0.15) is 11.9 Å². The highest BCUT2D eigenvalue weighted by Gasteiger charge is 2.29. The molecule has 7 heteroatoms. The van der Waals surface area contributed by atoms with E-state index in [9.17, 15) is 4.79 Å². The van der Waals surface area contributed by atoms with Crippen LogP contribution in [0.25, 0.3) is 0 Å². The molecule has 0 spiro atoms. The fraction of sp³-hybridized carbons (Fsp3) is 0.389. The first-order chi connectivity index (χ1) is 12.1. The van der Waals surface area contributed by atoms with Crippen molar-refractivity contribution in [1.29, 1.82) is 0 Å². The monoisotopic (exact) mass is 405 g/mol. The van der Waals surface area contributed by atoms with Crippen molar-refractivity contribution in [3.63, 3.8) is 0 Å². The molecule has 25 heavy (non-hydrogen) atoms. The molecule has 1 saturated heterocycles. The number of amides is 1. The minimum absolute atomic E-state index is 0.0334. The van der Waals surface area contributed by atoms with Crippen LogP contribution in [-0.2, 0) is 4.79 Å². The highest BCUT2D eigenvalue weighted by Crippen LogP contribution is 2.18. The molecule has 1 amide bonds. The van der Waals surface area contributed by atoms with Gasteiger partial charge in [0, 0.05) is 18.9 Å². The summed E-state index contributed by atoms with van der Waals surface area (Å²) < 4.78 is 12.3. The molecular formula is C18H20BrN3O3. The Morgan fingerprint density at radius 1 is 1.28 bits per heavy atom. The Balaban J connectivity index is 1.56. The van der Waals surface area contributed by atoms with Crippen LogP contribution in [-0.4, -0.2) is 46.1 Å². The van der Waals surface area contributed by atoms with E-state index >= 15 is 0 Å². The molecule has 0 radical (unpaired) electrons. The Morgan fingerprint density at radius 3 is 2.72 bits per heavy atom. The highest BCUT2D eigenvalue weighted by atomic mass is 79.9. The highest BCUT2D eigenvalue weighted by molar-refractivity contribution is 9.10. The normalized spacial score (nSPS) is 18.5. The van der Waals surface area contributed by atoms with Gasteiger partial charge in [-0.25, -0.2) is 9.97 Å². The van der Waals surface area contributed by atoms with Gasteiger partial charge in [-0.3, -0.25) is 4.79 Å². The Labute approximate surface area is 155 Å². The first-order valence-electron chi connectivity index (χ1n) is 8.26. The van der Waals surface area contributed by atoms with Crippen molar-refractivity contribution >= 4 is 21.8 Å². The van der Waals surface area contributed by atoms with E-state index in [1.807, 2.05) is 30.3 Å². The molecule has 2 aromatic rings. The lowest BCUT2D eigenvalue weighted by Gasteiger charge is -2.33. The smallest absolute Gasteiger partial charge is 0.316 e. The molecule has 6 nitrogen and oxygen atoms in total. The van der Waals surface area contributed by atoms with Crippen LogP contribution in [0.1, 0.15) is 19.8 Å². The summed E-state index contributed by atoms with van der Waals surface area (Å²) in [5, 5.41) is 0. The van der Waals surface area contributed by atoms with Gasteiger partial charge in [-0.1, -0.05) is 18.2 Å². The number of halogens is 1. The second kappa shape index (κ2) is 8.29. The molecule has 1 aliphatic rings. The Hall–Kier alpha value is -2.15. The van der Waals surface area contributed by atoms with Gasteiger partial charge in [-0.2, -0.15) is 0 Å². The van der Waals surface area contributed by atoms with Gasteiger partial charge in [0.05, 0.1) is 11.0 Å². The zero-order chi connectivity index (χ0) is 17.6. The second-order valence-corrected chi connectivity index (χ2v) is 6.84. The number of ether oxygens (including phenoxy) is 2. The summed E-state index contributed by atoms with van der Waals surface area (Å²) in [6.45, 7) is 3.00. The minimum atomic E-state index is -0.537. The van der Waals surface area contributed by atoms with E-state index in [0.717, 1.165) is 17.3 Å². The largest absolute Gasteiger partial charge is 0.481 e. The summed E-state index contributed by atoms with van der Waals surface area (Å²) >= 11 is 3.29. The van der Waals surface area contributed by atoms with E-state index in [1.54, 1.807) is 24.2 Å². The van der Waals surface area contributed by atoms with E-state index in [-0.39, 0.29) is 12.0 Å². The van der Waals surface area contributed by atoms with Crippen molar-refractivity contribution in [2.45, 2.75) is 32.0 Å².